The molecule has 1 unspecified atom stereocenters. The second-order valence-electron chi connectivity index (χ2n) is 6.03. The van der Waals surface area contributed by atoms with Gasteiger partial charge in [-0.2, -0.15) is 0 Å². The molecule has 0 aromatic carbocycles. The number of carbonyl (C=O) groups is 1. The van der Waals surface area contributed by atoms with Crippen LogP contribution in [0.25, 0.3) is 0 Å². The van der Waals surface area contributed by atoms with Crippen molar-refractivity contribution in [2.45, 2.75) is 52.5 Å². The van der Waals surface area contributed by atoms with Crippen LogP contribution >= 0.6 is 0 Å². The van der Waals surface area contributed by atoms with Crippen molar-refractivity contribution < 1.29 is 4.79 Å². The molecule has 5 nitrogen and oxygen atoms in total. The molecular weight excluding hydrogens is 264 g/mol. The normalized spacial score (nSPS) is 19.1. The lowest BCUT2D eigenvalue weighted by atomic mass is 9.97. The first kappa shape index (κ1) is 15.9. The number of amides is 2. The van der Waals surface area contributed by atoms with Gasteiger partial charge in [-0.15, -0.1) is 0 Å². The minimum atomic E-state index is 0.173. The summed E-state index contributed by atoms with van der Waals surface area (Å²) in [6.07, 6.45) is 6.10. The molecule has 0 spiro atoms. The summed E-state index contributed by atoms with van der Waals surface area (Å²) in [5, 5.41) is 0. The highest BCUT2D eigenvalue weighted by Crippen LogP contribution is 2.27. The second kappa shape index (κ2) is 6.96. The van der Waals surface area contributed by atoms with Gasteiger partial charge in [-0.3, -0.25) is 0 Å². The highest BCUT2D eigenvalue weighted by molar-refractivity contribution is 5.74. The molecule has 2 amide bonds. The minimum Gasteiger partial charge on any atom is -0.332 e. The van der Waals surface area contributed by atoms with Crippen LogP contribution in [-0.4, -0.2) is 51.6 Å². The number of urea groups is 1. The average Bonchev–Trinajstić information content (AvgIpc) is 2.98. The molecule has 0 bridgehead atoms. The number of piperidine rings is 1. The zero-order valence-corrected chi connectivity index (χ0v) is 13.7. The Morgan fingerprint density at radius 1 is 1.43 bits per heavy atom. The Balaban J connectivity index is 2.10. The van der Waals surface area contributed by atoms with Crippen LogP contribution < -0.4 is 0 Å². The van der Waals surface area contributed by atoms with Crippen molar-refractivity contribution in [3.05, 3.63) is 18.2 Å². The number of hydrogen-bond acceptors (Lipinski definition) is 2. The van der Waals surface area contributed by atoms with Gasteiger partial charge in [0.2, 0.25) is 0 Å². The zero-order valence-electron chi connectivity index (χ0n) is 13.7. The van der Waals surface area contributed by atoms with E-state index in [4.69, 9.17) is 0 Å². The number of imidazole rings is 1. The molecule has 1 atom stereocenters. The highest BCUT2D eigenvalue weighted by atomic mass is 16.2. The van der Waals surface area contributed by atoms with Crippen LogP contribution in [0.5, 0.6) is 0 Å². The van der Waals surface area contributed by atoms with E-state index in [1.54, 1.807) is 0 Å². The van der Waals surface area contributed by atoms with Gasteiger partial charge in [-0.1, -0.05) is 0 Å². The predicted octanol–water partition coefficient (Wildman–Crippen LogP) is 3.11. The van der Waals surface area contributed by atoms with Gasteiger partial charge in [-0.25, -0.2) is 9.78 Å². The molecule has 1 aliphatic rings. The van der Waals surface area contributed by atoms with E-state index in [2.05, 4.69) is 23.4 Å². The fourth-order valence-corrected chi connectivity index (χ4v) is 3.13. The fraction of sp³-hybridized carbons (Fsp3) is 0.750. The Labute approximate surface area is 127 Å². The summed E-state index contributed by atoms with van der Waals surface area (Å²) < 4.78 is 2.23. The summed E-state index contributed by atoms with van der Waals surface area (Å²) >= 11 is 0. The van der Waals surface area contributed by atoms with Crippen LogP contribution in [0.3, 0.4) is 0 Å². The molecule has 1 aliphatic heterocycles. The van der Waals surface area contributed by atoms with E-state index in [-0.39, 0.29) is 6.03 Å². The van der Waals surface area contributed by atoms with Crippen molar-refractivity contribution in [2.75, 3.05) is 26.2 Å². The number of hydrogen-bond donors (Lipinski definition) is 0. The molecule has 118 valence electrons. The summed E-state index contributed by atoms with van der Waals surface area (Å²) in [7, 11) is 0. The maximum absolute atomic E-state index is 12.5. The summed E-state index contributed by atoms with van der Waals surface area (Å²) in [6.45, 7) is 11.6. The number of aromatic nitrogens is 2. The Bertz CT molecular complexity index is 465. The Morgan fingerprint density at radius 3 is 2.76 bits per heavy atom. The molecule has 1 saturated heterocycles. The lowest BCUT2D eigenvalue weighted by molar-refractivity contribution is 0.141. The van der Waals surface area contributed by atoms with Crippen molar-refractivity contribution in [1.82, 2.24) is 19.4 Å². The SMILES string of the molecule is CCN(CC)C(=O)N1CCCC(c2nccn2C(C)C)C1. The van der Waals surface area contributed by atoms with Crippen LogP contribution in [0, 0.1) is 0 Å². The molecule has 0 aliphatic carbocycles. The predicted molar refractivity (Wildman–Crippen MR) is 84.5 cm³/mol. The molecule has 2 rings (SSSR count). The van der Waals surface area contributed by atoms with Gasteiger partial charge in [0.1, 0.15) is 5.82 Å². The highest BCUT2D eigenvalue weighted by Gasteiger charge is 2.29. The molecular formula is C16H28N4O. The average molecular weight is 292 g/mol. The van der Waals surface area contributed by atoms with Crippen molar-refractivity contribution in [3.63, 3.8) is 0 Å². The molecule has 1 fully saturated rings. The summed E-state index contributed by atoms with van der Waals surface area (Å²) in [4.78, 5) is 21.0. The third kappa shape index (κ3) is 3.39. The van der Waals surface area contributed by atoms with E-state index >= 15 is 0 Å². The summed E-state index contributed by atoms with van der Waals surface area (Å²) in [5.41, 5.74) is 0. The smallest absolute Gasteiger partial charge is 0.320 e. The summed E-state index contributed by atoms with van der Waals surface area (Å²) in [5.74, 6) is 1.48. The van der Waals surface area contributed by atoms with Crippen molar-refractivity contribution in [3.8, 4) is 0 Å². The van der Waals surface area contributed by atoms with E-state index in [1.807, 2.05) is 36.0 Å². The van der Waals surface area contributed by atoms with Gasteiger partial charge in [0, 0.05) is 50.5 Å². The topological polar surface area (TPSA) is 41.4 Å². The Kier molecular flexibility index (Phi) is 5.26. The van der Waals surface area contributed by atoms with Crippen molar-refractivity contribution in [2.24, 2.45) is 0 Å². The van der Waals surface area contributed by atoms with Crippen LogP contribution in [0.15, 0.2) is 12.4 Å². The first-order valence-electron chi connectivity index (χ1n) is 8.15. The van der Waals surface area contributed by atoms with Gasteiger partial charge in [0.25, 0.3) is 0 Å². The van der Waals surface area contributed by atoms with Crippen LogP contribution in [0.4, 0.5) is 4.79 Å². The van der Waals surface area contributed by atoms with Crippen LogP contribution in [-0.2, 0) is 0 Å². The first-order chi connectivity index (χ1) is 10.1. The largest absolute Gasteiger partial charge is 0.332 e. The van der Waals surface area contributed by atoms with E-state index < -0.39 is 0 Å². The van der Waals surface area contributed by atoms with E-state index in [0.717, 1.165) is 44.8 Å². The maximum atomic E-state index is 12.5. The van der Waals surface area contributed by atoms with Gasteiger partial charge in [0.05, 0.1) is 0 Å². The van der Waals surface area contributed by atoms with Gasteiger partial charge in [0.15, 0.2) is 0 Å². The fourth-order valence-electron chi connectivity index (χ4n) is 3.13. The van der Waals surface area contributed by atoms with Crippen LogP contribution in [0.1, 0.15) is 58.3 Å². The maximum Gasteiger partial charge on any atom is 0.320 e. The standard InChI is InChI=1S/C16H28N4O/c1-5-18(6-2)16(21)19-10-7-8-14(12-19)15-17-9-11-20(15)13(3)4/h9,11,13-14H,5-8,10,12H2,1-4H3. The lowest BCUT2D eigenvalue weighted by Crippen LogP contribution is -2.47. The van der Waals surface area contributed by atoms with Gasteiger partial charge in [-0.05, 0) is 40.5 Å². The molecule has 21 heavy (non-hydrogen) atoms. The molecule has 0 saturated carbocycles. The number of nitrogens with zero attached hydrogens (tertiary/aromatic N) is 4. The number of carbonyl (C=O) groups excluding carboxylic acids is 1. The third-order valence-corrected chi connectivity index (χ3v) is 4.35. The zero-order chi connectivity index (χ0) is 15.4. The summed E-state index contributed by atoms with van der Waals surface area (Å²) in [6, 6.07) is 0.587. The minimum absolute atomic E-state index is 0.173. The monoisotopic (exact) mass is 292 g/mol. The quantitative estimate of drug-likeness (QED) is 0.855. The third-order valence-electron chi connectivity index (χ3n) is 4.35. The number of rotatable bonds is 4. The molecule has 5 heteroatoms. The Hall–Kier alpha value is -1.52. The van der Waals surface area contributed by atoms with Crippen molar-refractivity contribution in [1.29, 1.82) is 0 Å². The molecule has 0 radical (unpaired) electrons. The van der Waals surface area contributed by atoms with Crippen molar-refractivity contribution >= 4 is 6.03 Å². The van der Waals surface area contributed by atoms with E-state index in [0.29, 0.717) is 12.0 Å². The van der Waals surface area contributed by atoms with E-state index in [9.17, 15) is 4.79 Å². The lowest BCUT2D eigenvalue weighted by Gasteiger charge is -2.36. The molecule has 0 N–H and O–H groups in total. The Morgan fingerprint density at radius 2 is 2.14 bits per heavy atom. The van der Waals surface area contributed by atoms with E-state index in [1.165, 1.54) is 0 Å². The van der Waals surface area contributed by atoms with Gasteiger partial charge >= 0.3 is 6.03 Å². The second-order valence-corrected chi connectivity index (χ2v) is 6.03. The molecule has 1 aromatic rings. The first-order valence-corrected chi connectivity index (χ1v) is 8.15. The van der Waals surface area contributed by atoms with Gasteiger partial charge < -0.3 is 14.4 Å². The molecule has 1 aromatic heterocycles. The van der Waals surface area contributed by atoms with Crippen LogP contribution in [0.2, 0.25) is 0 Å². The number of likely N-dealkylation sites (tertiary alicyclic amines) is 1. The molecule has 2 heterocycles.